The van der Waals surface area contributed by atoms with Crippen molar-refractivity contribution in [2.24, 2.45) is 5.73 Å². The first-order valence-corrected chi connectivity index (χ1v) is 7.12. The van der Waals surface area contributed by atoms with Crippen LogP contribution in [0.15, 0.2) is 47.8 Å². The average molecular weight is 275 g/mol. The molecule has 3 nitrogen and oxygen atoms in total. The van der Waals surface area contributed by atoms with E-state index in [0.29, 0.717) is 13.0 Å². The second-order valence-corrected chi connectivity index (χ2v) is 5.33. The summed E-state index contributed by atoms with van der Waals surface area (Å²) >= 11 is 1.66. The fourth-order valence-corrected chi connectivity index (χ4v) is 2.46. The van der Waals surface area contributed by atoms with Crippen LogP contribution >= 0.6 is 11.3 Å². The molecule has 1 atom stereocenters. The number of esters is 1. The summed E-state index contributed by atoms with van der Waals surface area (Å²) in [6.45, 7) is 0.391. The van der Waals surface area contributed by atoms with Gasteiger partial charge in [-0.2, -0.15) is 0 Å². The molecule has 0 aliphatic rings. The molecule has 1 aromatic carbocycles. The largest absolute Gasteiger partial charge is 0.464 e. The Bertz CT molecular complexity index is 496. The summed E-state index contributed by atoms with van der Waals surface area (Å²) in [7, 11) is 0. The Balaban J connectivity index is 1.73. The van der Waals surface area contributed by atoms with E-state index in [-0.39, 0.29) is 5.97 Å². The van der Waals surface area contributed by atoms with E-state index in [0.717, 1.165) is 12.0 Å². The molecular weight excluding hydrogens is 258 g/mol. The maximum atomic E-state index is 11.7. The number of hydrogen-bond acceptors (Lipinski definition) is 4. The lowest BCUT2D eigenvalue weighted by Crippen LogP contribution is -2.34. The molecule has 0 fully saturated rings. The Hall–Kier alpha value is -1.65. The van der Waals surface area contributed by atoms with Gasteiger partial charge in [0.1, 0.15) is 6.04 Å². The third-order valence-corrected chi connectivity index (χ3v) is 3.71. The first-order valence-electron chi connectivity index (χ1n) is 6.24. The monoisotopic (exact) mass is 275 g/mol. The standard InChI is InChI=1S/C15H17NO2S/c16-14(11-12-5-2-1-3-6-12)15(17)18-9-8-13-7-4-10-19-13/h1-7,10,14H,8-9,11,16H2/t14-/m1/s1. The second kappa shape index (κ2) is 7.07. The zero-order valence-corrected chi connectivity index (χ0v) is 11.4. The highest BCUT2D eigenvalue weighted by atomic mass is 32.1. The van der Waals surface area contributed by atoms with Crippen molar-refractivity contribution in [1.29, 1.82) is 0 Å². The third-order valence-electron chi connectivity index (χ3n) is 2.77. The minimum absolute atomic E-state index is 0.333. The van der Waals surface area contributed by atoms with Crippen molar-refractivity contribution >= 4 is 17.3 Å². The highest BCUT2D eigenvalue weighted by Crippen LogP contribution is 2.09. The van der Waals surface area contributed by atoms with E-state index < -0.39 is 6.04 Å². The van der Waals surface area contributed by atoms with E-state index in [1.807, 2.05) is 47.8 Å². The van der Waals surface area contributed by atoms with Gasteiger partial charge in [-0.05, 0) is 23.4 Å². The second-order valence-electron chi connectivity index (χ2n) is 4.29. The predicted molar refractivity (Wildman–Crippen MR) is 77.1 cm³/mol. The molecule has 2 N–H and O–H groups in total. The summed E-state index contributed by atoms with van der Waals surface area (Å²) in [6.07, 6.45) is 1.26. The number of carbonyl (C=O) groups is 1. The maximum absolute atomic E-state index is 11.7. The van der Waals surface area contributed by atoms with E-state index in [1.54, 1.807) is 11.3 Å². The Morgan fingerprint density at radius 2 is 2.00 bits per heavy atom. The van der Waals surface area contributed by atoms with Gasteiger partial charge in [-0.15, -0.1) is 11.3 Å². The summed E-state index contributed by atoms with van der Waals surface area (Å²) in [6, 6.07) is 13.1. The van der Waals surface area contributed by atoms with Crippen molar-refractivity contribution in [3.05, 3.63) is 58.3 Å². The minimum atomic E-state index is -0.592. The number of nitrogens with two attached hydrogens (primary N) is 1. The zero-order chi connectivity index (χ0) is 13.5. The smallest absolute Gasteiger partial charge is 0.323 e. The molecule has 0 aliphatic carbocycles. The van der Waals surface area contributed by atoms with Crippen LogP contribution in [-0.2, 0) is 22.4 Å². The van der Waals surface area contributed by atoms with Gasteiger partial charge in [0.15, 0.2) is 0 Å². The van der Waals surface area contributed by atoms with Crippen molar-refractivity contribution < 1.29 is 9.53 Å². The predicted octanol–water partition coefficient (Wildman–Crippen LogP) is 2.40. The van der Waals surface area contributed by atoms with Gasteiger partial charge in [0.05, 0.1) is 6.61 Å². The third kappa shape index (κ3) is 4.50. The van der Waals surface area contributed by atoms with Gasteiger partial charge in [-0.3, -0.25) is 4.79 Å². The lowest BCUT2D eigenvalue weighted by molar-refractivity contribution is -0.145. The van der Waals surface area contributed by atoms with Gasteiger partial charge in [-0.25, -0.2) is 0 Å². The van der Waals surface area contributed by atoms with E-state index in [2.05, 4.69) is 0 Å². The fraction of sp³-hybridized carbons (Fsp3) is 0.267. The van der Waals surface area contributed by atoms with E-state index >= 15 is 0 Å². The van der Waals surface area contributed by atoms with Crippen LogP contribution in [-0.4, -0.2) is 18.6 Å². The zero-order valence-electron chi connectivity index (χ0n) is 10.6. The van der Waals surface area contributed by atoms with E-state index in [1.165, 1.54) is 4.88 Å². The van der Waals surface area contributed by atoms with Crippen molar-refractivity contribution in [2.45, 2.75) is 18.9 Å². The SMILES string of the molecule is N[C@H](Cc1ccccc1)C(=O)OCCc1cccs1. The number of ether oxygens (including phenoxy) is 1. The molecule has 19 heavy (non-hydrogen) atoms. The number of carbonyl (C=O) groups excluding carboxylic acids is 1. The highest BCUT2D eigenvalue weighted by Gasteiger charge is 2.15. The van der Waals surface area contributed by atoms with Gasteiger partial charge < -0.3 is 10.5 Å². The van der Waals surface area contributed by atoms with Gasteiger partial charge >= 0.3 is 5.97 Å². The molecule has 1 heterocycles. The van der Waals surface area contributed by atoms with Crippen LogP contribution in [0, 0.1) is 0 Å². The molecule has 0 bridgehead atoms. The fourth-order valence-electron chi connectivity index (χ4n) is 1.77. The summed E-state index contributed by atoms with van der Waals surface area (Å²) < 4.78 is 5.19. The number of thiophene rings is 1. The Morgan fingerprint density at radius 3 is 2.68 bits per heavy atom. The van der Waals surface area contributed by atoms with E-state index in [4.69, 9.17) is 10.5 Å². The van der Waals surface area contributed by atoms with Crippen LogP contribution in [0.25, 0.3) is 0 Å². The molecule has 1 aromatic heterocycles. The maximum Gasteiger partial charge on any atom is 0.323 e. The van der Waals surface area contributed by atoms with Crippen molar-refractivity contribution in [1.82, 2.24) is 0 Å². The van der Waals surface area contributed by atoms with Crippen molar-refractivity contribution in [3.8, 4) is 0 Å². The molecule has 0 radical (unpaired) electrons. The first-order chi connectivity index (χ1) is 9.25. The Kier molecular flexibility index (Phi) is 5.12. The normalized spacial score (nSPS) is 12.1. The van der Waals surface area contributed by atoms with Gasteiger partial charge in [0, 0.05) is 11.3 Å². The van der Waals surface area contributed by atoms with Crippen LogP contribution in [0.2, 0.25) is 0 Å². The van der Waals surface area contributed by atoms with Gasteiger partial charge in [0.2, 0.25) is 0 Å². The topological polar surface area (TPSA) is 52.3 Å². The number of benzene rings is 1. The Labute approximate surface area is 117 Å². The first kappa shape index (κ1) is 13.8. The molecule has 100 valence electrons. The highest BCUT2D eigenvalue weighted by molar-refractivity contribution is 7.09. The van der Waals surface area contributed by atoms with E-state index in [9.17, 15) is 4.79 Å². The van der Waals surface area contributed by atoms with Gasteiger partial charge in [-0.1, -0.05) is 36.4 Å². The summed E-state index contributed by atoms with van der Waals surface area (Å²) in [4.78, 5) is 12.9. The molecule has 0 aliphatic heterocycles. The van der Waals surface area contributed by atoms with Crippen LogP contribution < -0.4 is 5.73 Å². The van der Waals surface area contributed by atoms with Crippen LogP contribution in [0.5, 0.6) is 0 Å². The number of rotatable bonds is 6. The minimum Gasteiger partial charge on any atom is -0.464 e. The van der Waals surface area contributed by atoms with Crippen LogP contribution in [0.1, 0.15) is 10.4 Å². The molecular formula is C15H17NO2S. The summed E-state index contributed by atoms with van der Waals surface area (Å²) in [5.74, 6) is -0.333. The lowest BCUT2D eigenvalue weighted by Gasteiger charge is -2.11. The summed E-state index contributed by atoms with van der Waals surface area (Å²) in [5.41, 5.74) is 6.88. The number of hydrogen-bond donors (Lipinski definition) is 1. The quantitative estimate of drug-likeness (QED) is 0.824. The molecule has 0 saturated heterocycles. The molecule has 0 spiro atoms. The average Bonchev–Trinajstić information content (AvgIpc) is 2.93. The molecule has 4 heteroatoms. The molecule has 0 saturated carbocycles. The molecule has 2 aromatic rings. The van der Waals surface area contributed by atoms with Crippen molar-refractivity contribution in [3.63, 3.8) is 0 Å². The Morgan fingerprint density at radius 1 is 1.21 bits per heavy atom. The molecule has 2 rings (SSSR count). The van der Waals surface area contributed by atoms with Crippen LogP contribution in [0.4, 0.5) is 0 Å². The van der Waals surface area contributed by atoms with Gasteiger partial charge in [0.25, 0.3) is 0 Å². The molecule has 0 unspecified atom stereocenters. The lowest BCUT2D eigenvalue weighted by atomic mass is 10.1. The van der Waals surface area contributed by atoms with Crippen LogP contribution in [0.3, 0.4) is 0 Å². The molecule has 0 amide bonds. The van der Waals surface area contributed by atoms with Crippen molar-refractivity contribution in [2.75, 3.05) is 6.61 Å². The summed E-state index contributed by atoms with van der Waals surface area (Å²) in [5, 5.41) is 2.01.